The molecule has 2 N–H and O–H groups in total. The predicted octanol–water partition coefficient (Wildman–Crippen LogP) is 1.86. The number of likely N-dealkylation sites (tertiary alicyclic amines) is 1. The van der Waals surface area contributed by atoms with Gasteiger partial charge in [-0.25, -0.2) is 13.2 Å². The highest BCUT2D eigenvalue weighted by Crippen LogP contribution is 2.23. The molecule has 0 aliphatic carbocycles. The molecule has 0 spiro atoms. The molecule has 1 aromatic carbocycles. The Kier molecular flexibility index (Phi) is 7.54. The molecule has 2 aliphatic heterocycles. The van der Waals surface area contributed by atoms with E-state index in [1.54, 1.807) is 37.8 Å². The molecule has 0 bridgehead atoms. The van der Waals surface area contributed by atoms with Crippen molar-refractivity contribution in [3.05, 3.63) is 42.2 Å². The number of rotatable bonds is 5. The van der Waals surface area contributed by atoms with Gasteiger partial charge in [-0.2, -0.15) is 0 Å². The van der Waals surface area contributed by atoms with E-state index in [1.807, 2.05) is 6.92 Å². The van der Waals surface area contributed by atoms with E-state index in [1.165, 1.54) is 24.5 Å². The van der Waals surface area contributed by atoms with E-state index in [2.05, 4.69) is 10.6 Å². The molecular formula is C23H32N4O6S. The summed E-state index contributed by atoms with van der Waals surface area (Å²) < 4.78 is 32.7. The third-order valence-corrected chi connectivity index (χ3v) is 7.27. The predicted molar refractivity (Wildman–Crippen MR) is 125 cm³/mol. The zero-order valence-electron chi connectivity index (χ0n) is 19.9. The van der Waals surface area contributed by atoms with Crippen molar-refractivity contribution < 1.29 is 27.5 Å². The van der Waals surface area contributed by atoms with Crippen molar-refractivity contribution in [1.29, 1.82) is 0 Å². The molecule has 1 fully saturated rings. The Balaban J connectivity index is 1.67. The van der Waals surface area contributed by atoms with E-state index >= 15 is 0 Å². The van der Waals surface area contributed by atoms with Crippen molar-refractivity contribution in [3.8, 4) is 0 Å². The van der Waals surface area contributed by atoms with Crippen LogP contribution in [0.4, 0.5) is 4.79 Å². The fourth-order valence-electron chi connectivity index (χ4n) is 3.82. The maximum Gasteiger partial charge on any atom is 0.410 e. The van der Waals surface area contributed by atoms with Gasteiger partial charge in [0.2, 0.25) is 11.8 Å². The standard InChI is InChI=1S/C23H32N4O6S/c1-16-7-9-18(10-8-16)34(31,32)27-13-11-24-21(29)19(27)14-20(28)25-17-6-5-12-26(15-17)22(30)33-23(2,3)4/h7-11,13,17,19H,5-6,12,14-15H2,1-4H3,(H,24,29)(H,25,28)/t17-,19-/m1/s1. The molecule has 0 aromatic heterocycles. The first-order valence-corrected chi connectivity index (χ1v) is 12.7. The lowest BCUT2D eigenvalue weighted by atomic mass is 10.1. The first-order chi connectivity index (χ1) is 15.9. The first-order valence-electron chi connectivity index (χ1n) is 11.2. The summed E-state index contributed by atoms with van der Waals surface area (Å²) in [4.78, 5) is 39.3. The zero-order chi connectivity index (χ0) is 25.1. The van der Waals surface area contributed by atoms with Crippen LogP contribution in [0.3, 0.4) is 0 Å². The molecule has 1 saturated heterocycles. The maximum absolute atomic E-state index is 13.2. The van der Waals surface area contributed by atoms with Gasteiger partial charge in [-0.3, -0.25) is 13.9 Å². The van der Waals surface area contributed by atoms with Crippen molar-refractivity contribution in [2.24, 2.45) is 0 Å². The highest BCUT2D eigenvalue weighted by atomic mass is 32.2. The molecule has 0 unspecified atom stereocenters. The van der Waals surface area contributed by atoms with Crippen molar-refractivity contribution in [1.82, 2.24) is 19.8 Å². The second-order valence-electron chi connectivity index (χ2n) is 9.53. The lowest BCUT2D eigenvalue weighted by Crippen LogP contribution is -2.54. The molecular weight excluding hydrogens is 460 g/mol. The number of nitrogens with zero attached hydrogens (tertiary/aromatic N) is 2. The number of hydrogen-bond donors (Lipinski definition) is 2. The van der Waals surface area contributed by atoms with Gasteiger partial charge >= 0.3 is 6.09 Å². The van der Waals surface area contributed by atoms with Gasteiger partial charge in [-0.05, 0) is 52.7 Å². The summed E-state index contributed by atoms with van der Waals surface area (Å²) in [6, 6.07) is 4.72. The number of carbonyl (C=O) groups is 3. The van der Waals surface area contributed by atoms with Crippen LogP contribution in [0.1, 0.15) is 45.6 Å². The Labute approximate surface area is 200 Å². The summed E-state index contributed by atoms with van der Waals surface area (Å²) in [5.74, 6) is -1.07. The molecule has 2 atom stereocenters. The molecule has 11 heteroatoms. The molecule has 3 rings (SSSR count). The van der Waals surface area contributed by atoms with E-state index < -0.39 is 39.6 Å². The number of benzene rings is 1. The van der Waals surface area contributed by atoms with Gasteiger partial charge in [-0.1, -0.05) is 17.7 Å². The second-order valence-corrected chi connectivity index (χ2v) is 11.4. The van der Waals surface area contributed by atoms with Gasteiger partial charge in [0.15, 0.2) is 0 Å². The number of nitrogens with one attached hydrogen (secondary N) is 2. The smallest absolute Gasteiger partial charge is 0.410 e. The molecule has 34 heavy (non-hydrogen) atoms. The number of sulfonamides is 1. The summed E-state index contributed by atoms with van der Waals surface area (Å²) in [5, 5.41) is 5.31. The van der Waals surface area contributed by atoms with E-state index in [0.717, 1.165) is 9.87 Å². The Morgan fingerprint density at radius 1 is 1.21 bits per heavy atom. The van der Waals surface area contributed by atoms with Crippen LogP contribution in [0, 0.1) is 6.92 Å². The lowest BCUT2D eigenvalue weighted by molar-refractivity contribution is -0.130. The molecule has 10 nitrogen and oxygen atoms in total. The molecule has 3 amide bonds. The number of ether oxygens (including phenoxy) is 1. The van der Waals surface area contributed by atoms with Crippen LogP contribution < -0.4 is 10.6 Å². The highest BCUT2D eigenvalue weighted by molar-refractivity contribution is 7.89. The summed E-state index contributed by atoms with van der Waals surface area (Å²) in [6.07, 6.45) is 3.03. The fourth-order valence-corrected chi connectivity index (χ4v) is 5.27. The summed E-state index contributed by atoms with van der Waals surface area (Å²) in [5.41, 5.74) is 0.274. The summed E-state index contributed by atoms with van der Waals surface area (Å²) in [6.45, 7) is 8.01. The molecule has 0 saturated carbocycles. The molecule has 0 radical (unpaired) electrons. The fraction of sp³-hybridized carbons (Fsp3) is 0.522. The quantitative estimate of drug-likeness (QED) is 0.646. The van der Waals surface area contributed by atoms with Crippen molar-refractivity contribution >= 4 is 27.9 Å². The van der Waals surface area contributed by atoms with Gasteiger partial charge in [0.05, 0.1) is 11.3 Å². The third-order valence-electron chi connectivity index (χ3n) is 5.47. The monoisotopic (exact) mass is 492 g/mol. The second kappa shape index (κ2) is 10.0. The van der Waals surface area contributed by atoms with E-state index in [0.29, 0.717) is 19.4 Å². The van der Waals surface area contributed by atoms with Crippen LogP contribution >= 0.6 is 0 Å². The van der Waals surface area contributed by atoms with E-state index in [9.17, 15) is 22.8 Å². The third kappa shape index (κ3) is 6.28. The SMILES string of the molecule is Cc1ccc(S(=O)(=O)N2C=CNC(=O)[C@H]2CC(=O)N[C@@H]2CCCN(C(=O)OC(C)(C)C)C2)cc1. The van der Waals surface area contributed by atoms with Gasteiger partial charge in [0.25, 0.3) is 10.0 Å². The average Bonchev–Trinajstić information content (AvgIpc) is 2.74. The molecule has 2 heterocycles. The zero-order valence-corrected chi connectivity index (χ0v) is 20.7. The number of aryl methyl sites for hydroxylation is 1. The van der Waals surface area contributed by atoms with E-state index in [-0.39, 0.29) is 23.9 Å². The van der Waals surface area contributed by atoms with E-state index in [4.69, 9.17) is 4.74 Å². The number of carbonyl (C=O) groups excluding carboxylic acids is 3. The van der Waals surface area contributed by atoms with Crippen LogP contribution in [0.5, 0.6) is 0 Å². The molecule has 1 aromatic rings. The van der Waals surface area contributed by atoms with Crippen LogP contribution in [0.15, 0.2) is 41.6 Å². The Hall–Kier alpha value is -3.08. The van der Waals surface area contributed by atoms with Crippen molar-refractivity contribution in [3.63, 3.8) is 0 Å². The van der Waals surface area contributed by atoms with Crippen LogP contribution in [-0.4, -0.2) is 66.3 Å². The van der Waals surface area contributed by atoms with Crippen LogP contribution in [-0.2, 0) is 24.3 Å². The van der Waals surface area contributed by atoms with Crippen LogP contribution in [0.2, 0.25) is 0 Å². The molecule has 2 aliphatic rings. The average molecular weight is 493 g/mol. The van der Waals surface area contributed by atoms with Gasteiger partial charge in [-0.15, -0.1) is 0 Å². The normalized spacial score (nSPS) is 21.1. The number of piperidine rings is 1. The first kappa shape index (κ1) is 25.5. The number of amides is 3. The van der Waals surface area contributed by atoms with Crippen molar-refractivity contribution in [2.45, 2.75) is 69.5 Å². The van der Waals surface area contributed by atoms with Gasteiger partial charge < -0.3 is 20.3 Å². The Morgan fingerprint density at radius 2 is 1.88 bits per heavy atom. The molecule has 186 valence electrons. The van der Waals surface area contributed by atoms with Gasteiger partial charge in [0, 0.05) is 31.5 Å². The maximum atomic E-state index is 13.2. The minimum Gasteiger partial charge on any atom is -0.444 e. The van der Waals surface area contributed by atoms with Gasteiger partial charge in [0.1, 0.15) is 11.6 Å². The minimum absolute atomic E-state index is 0.0307. The Morgan fingerprint density at radius 3 is 2.53 bits per heavy atom. The largest absolute Gasteiger partial charge is 0.444 e. The van der Waals surface area contributed by atoms with Crippen molar-refractivity contribution in [2.75, 3.05) is 13.1 Å². The summed E-state index contributed by atoms with van der Waals surface area (Å²) >= 11 is 0. The topological polar surface area (TPSA) is 125 Å². The Bertz CT molecular complexity index is 1060. The summed E-state index contributed by atoms with van der Waals surface area (Å²) in [7, 11) is -4.04. The lowest BCUT2D eigenvalue weighted by Gasteiger charge is -2.35. The van der Waals surface area contributed by atoms with Crippen LogP contribution in [0.25, 0.3) is 0 Å². The number of hydrogen-bond acceptors (Lipinski definition) is 6. The minimum atomic E-state index is -4.04. The highest BCUT2D eigenvalue weighted by Gasteiger charge is 2.37.